The van der Waals surface area contributed by atoms with E-state index in [1.807, 2.05) is 69.3 Å². The Hall–Kier alpha value is -3.15. The van der Waals surface area contributed by atoms with Crippen molar-refractivity contribution >= 4 is 17.3 Å². The maximum absolute atomic E-state index is 13.2. The molecule has 6 nitrogen and oxygen atoms in total. The van der Waals surface area contributed by atoms with Crippen LogP contribution in [0.15, 0.2) is 54.7 Å². The third-order valence-corrected chi connectivity index (χ3v) is 4.83. The average molecular weight is 378 g/mol. The van der Waals surface area contributed by atoms with Crippen LogP contribution in [0.25, 0.3) is 5.52 Å². The fourth-order valence-corrected chi connectivity index (χ4v) is 3.03. The molecular formula is C22H26N4O2. The molecule has 2 aromatic heterocycles. The zero-order chi connectivity index (χ0) is 20.1. The third-order valence-electron chi connectivity index (χ3n) is 4.83. The lowest BCUT2D eigenvalue weighted by molar-refractivity contribution is 0.0749. The van der Waals surface area contributed by atoms with Crippen LogP contribution in [-0.2, 0) is 6.54 Å². The van der Waals surface area contributed by atoms with Crippen molar-refractivity contribution in [3.63, 3.8) is 0 Å². The van der Waals surface area contributed by atoms with Crippen molar-refractivity contribution < 1.29 is 9.59 Å². The van der Waals surface area contributed by atoms with Gasteiger partial charge < -0.3 is 10.2 Å². The first-order chi connectivity index (χ1) is 13.5. The van der Waals surface area contributed by atoms with E-state index in [1.165, 1.54) is 0 Å². The van der Waals surface area contributed by atoms with Gasteiger partial charge in [-0.2, -0.15) is 0 Å². The summed E-state index contributed by atoms with van der Waals surface area (Å²) >= 11 is 0. The highest BCUT2D eigenvalue weighted by Crippen LogP contribution is 2.17. The molecule has 1 aromatic carbocycles. The lowest BCUT2D eigenvalue weighted by Crippen LogP contribution is -2.33. The molecule has 1 unspecified atom stereocenters. The normalized spacial score (nSPS) is 12.0. The average Bonchev–Trinajstić information content (AvgIpc) is 3.12. The fraction of sp³-hybridized carbons (Fsp3) is 0.318. The third kappa shape index (κ3) is 4.06. The lowest BCUT2D eigenvalue weighted by Gasteiger charge is -2.20. The molecule has 0 saturated heterocycles. The first-order valence-corrected chi connectivity index (χ1v) is 9.66. The van der Waals surface area contributed by atoms with Crippen LogP contribution in [0.2, 0.25) is 0 Å². The quantitative estimate of drug-likeness (QED) is 0.684. The van der Waals surface area contributed by atoms with E-state index < -0.39 is 0 Å². The minimum Gasteiger partial charge on any atom is -0.347 e. The summed E-state index contributed by atoms with van der Waals surface area (Å²) in [7, 11) is 0. The summed E-state index contributed by atoms with van der Waals surface area (Å²) in [5.74, 6) is -0.228. The van der Waals surface area contributed by atoms with Crippen LogP contribution >= 0.6 is 0 Å². The molecular weight excluding hydrogens is 352 g/mol. The number of carbonyl (C=O) groups excluding carboxylic acids is 2. The lowest BCUT2D eigenvalue weighted by atomic mass is 10.2. The molecule has 0 aliphatic rings. The van der Waals surface area contributed by atoms with Crippen LogP contribution < -0.4 is 5.32 Å². The monoisotopic (exact) mass is 378 g/mol. The largest absolute Gasteiger partial charge is 0.347 e. The molecule has 3 rings (SSSR count). The molecule has 3 aromatic rings. The van der Waals surface area contributed by atoms with E-state index in [2.05, 4.69) is 10.3 Å². The number of hydrogen-bond acceptors (Lipinski definition) is 3. The Kier molecular flexibility index (Phi) is 6.09. The Labute approximate surface area is 165 Å². The maximum atomic E-state index is 13.2. The number of nitrogens with zero attached hydrogens (tertiary/aromatic N) is 3. The van der Waals surface area contributed by atoms with Gasteiger partial charge in [0.1, 0.15) is 0 Å². The van der Waals surface area contributed by atoms with Gasteiger partial charge in [-0.05, 0) is 38.0 Å². The second kappa shape index (κ2) is 8.69. The van der Waals surface area contributed by atoms with Gasteiger partial charge in [-0.15, -0.1) is 0 Å². The maximum Gasteiger partial charge on any atom is 0.287 e. The van der Waals surface area contributed by atoms with E-state index >= 15 is 0 Å². The first kappa shape index (κ1) is 19.6. The van der Waals surface area contributed by atoms with Crippen LogP contribution in [0.1, 0.15) is 53.9 Å². The minimum absolute atomic E-state index is 0.0351. The number of imidazole rings is 1. The van der Waals surface area contributed by atoms with Gasteiger partial charge in [0.2, 0.25) is 5.82 Å². The van der Waals surface area contributed by atoms with Gasteiger partial charge in [-0.3, -0.25) is 14.0 Å². The Balaban J connectivity index is 1.95. The molecule has 6 heteroatoms. The predicted molar refractivity (Wildman–Crippen MR) is 109 cm³/mol. The van der Waals surface area contributed by atoms with Gasteiger partial charge in [-0.25, -0.2) is 4.98 Å². The zero-order valence-corrected chi connectivity index (χ0v) is 16.6. The highest BCUT2D eigenvalue weighted by molar-refractivity contribution is 6.02. The predicted octanol–water partition coefficient (Wildman–Crippen LogP) is 3.52. The molecule has 1 N–H and O–H groups in total. The molecule has 0 saturated carbocycles. The molecule has 0 fully saturated rings. The van der Waals surface area contributed by atoms with Gasteiger partial charge in [0.15, 0.2) is 5.69 Å². The highest BCUT2D eigenvalue weighted by atomic mass is 16.2. The first-order valence-electron chi connectivity index (χ1n) is 9.66. The number of benzene rings is 1. The number of aromatic nitrogens is 2. The summed E-state index contributed by atoms with van der Waals surface area (Å²) in [6.45, 7) is 6.94. The van der Waals surface area contributed by atoms with E-state index in [-0.39, 0.29) is 23.7 Å². The topological polar surface area (TPSA) is 66.7 Å². The van der Waals surface area contributed by atoms with E-state index in [0.717, 1.165) is 12.0 Å². The minimum atomic E-state index is -0.277. The second-order valence-electron chi connectivity index (χ2n) is 6.83. The molecule has 1 atom stereocenters. The van der Waals surface area contributed by atoms with Gasteiger partial charge in [0, 0.05) is 25.3 Å². The van der Waals surface area contributed by atoms with Crippen LogP contribution in [0.5, 0.6) is 0 Å². The van der Waals surface area contributed by atoms with Crippen LogP contribution in [0.3, 0.4) is 0 Å². The standard InChI is InChI=1S/C22H26N4O2/c1-4-16(3)23-21(27)20-24-19(18-13-9-10-14-26(18)20)22(28)25(5-2)15-17-11-7-6-8-12-17/h6-14,16H,4-5,15H2,1-3H3,(H,23,27). The molecule has 0 bridgehead atoms. The Morgan fingerprint density at radius 2 is 1.82 bits per heavy atom. The van der Waals surface area contributed by atoms with Crippen LogP contribution in [-0.4, -0.2) is 38.7 Å². The van der Waals surface area contributed by atoms with Gasteiger partial charge in [-0.1, -0.05) is 43.3 Å². The summed E-state index contributed by atoms with van der Waals surface area (Å²) < 4.78 is 1.68. The van der Waals surface area contributed by atoms with E-state index in [9.17, 15) is 9.59 Å². The summed E-state index contributed by atoms with van der Waals surface area (Å²) in [6, 6.07) is 15.4. The van der Waals surface area contributed by atoms with Crippen molar-refractivity contribution in [2.75, 3.05) is 6.54 Å². The fourth-order valence-electron chi connectivity index (χ4n) is 3.03. The molecule has 28 heavy (non-hydrogen) atoms. The molecule has 2 amide bonds. The number of hydrogen-bond donors (Lipinski definition) is 1. The molecule has 0 aliphatic heterocycles. The van der Waals surface area contributed by atoms with Crippen molar-refractivity contribution in [3.05, 3.63) is 71.8 Å². The summed E-state index contributed by atoms with van der Waals surface area (Å²) in [5.41, 5.74) is 1.98. The molecule has 2 heterocycles. The van der Waals surface area contributed by atoms with Crippen molar-refractivity contribution in [3.8, 4) is 0 Å². The highest BCUT2D eigenvalue weighted by Gasteiger charge is 2.25. The van der Waals surface area contributed by atoms with Gasteiger partial charge in [0.05, 0.1) is 5.52 Å². The summed E-state index contributed by atoms with van der Waals surface area (Å²) in [5, 5.41) is 2.93. The zero-order valence-electron chi connectivity index (χ0n) is 16.6. The molecule has 146 valence electrons. The second-order valence-corrected chi connectivity index (χ2v) is 6.83. The summed E-state index contributed by atoms with van der Waals surface area (Å²) in [6.07, 6.45) is 2.58. The van der Waals surface area contributed by atoms with E-state index in [4.69, 9.17) is 0 Å². The van der Waals surface area contributed by atoms with Crippen molar-refractivity contribution in [2.45, 2.75) is 39.8 Å². The Bertz CT molecular complexity index is 965. The van der Waals surface area contributed by atoms with Gasteiger partial charge >= 0.3 is 0 Å². The Morgan fingerprint density at radius 1 is 1.11 bits per heavy atom. The number of carbonyl (C=O) groups is 2. The molecule has 0 aliphatic carbocycles. The van der Waals surface area contributed by atoms with Crippen LogP contribution in [0.4, 0.5) is 0 Å². The number of pyridine rings is 1. The Morgan fingerprint density at radius 3 is 2.50 bits per heavy atom. The van der Waals surface area contributed by atoms with Gasteiger partial charge in [0.25, 0.3) is 11.8 Å². The summed E-state index contributed by atoms with van der Waals surface area (Å²) in [4.78, 5) is 32.1. The van der Waals surface area contributed by atoms with Crippen molar-refractivity contribution in [2.24, 2.45) is 0 Å². The number of nitrogens with one attached hydrogen (secondary N) is 1. The van der Waals surface area contributed by atoms with E-state index in [0.29, 0.717) is 24.3 Å². The SMILES string of the molecule is CCC(C)NC(=O)c1nc(C(=O)N(CC)Cc2ccccc2)c2ccccn12. The van der Waals surface area contributed by atoms with Crippen molar-refractivity contribution in [1.82, 2.24) is 19.6 Å². The smallest absolute Gasteiger partial charge is 0.287 e. The van der Waals surface area contributed by atoms with E-state index in [1.54, 1.807) is 15.5 Å². The number of amides is 2. The molecule has 0 spiro atoms. The number of rotatable bonds is 7. The van der Waals surface area contributed by atoms with Crippen LogP contribution in [0, 0.1) is 0 Å². The van der Waals surface area contributed by atoms with Crippen molar-refractivity contribution in [1.29, 1.82) is 0 Å². The number of fused-ring (bicyclic) bond motifs is 1. The molecule has 0 radical (unpaired) electrons.